The number of aliphatic carboxylic acids is 1. The summed E-state index contributed by atoms with van der Waals surface area (Å²) in [6, 6.07) is 8.67. The van der Waals surface area contributed by atoms with Crippen LogP contribution >= 0.6 is 33.9 Å². The van der Waals surface area contributed by atoms with Crippen molar-refractivity contribution in [1.29, 1.82) is 0 Å². The molecule has 1 aromatic heterocycles. The van der Waals surface area contributed by atoms with Crippen molar-refractivity contribution in [3.05, 3.63) is 49.7 Å². The molecule has 0 unspecified atom stereocenters. The fourth-order valence-electron chi connectivity index (χ4n) is 1.48. The Bertz CT molecular complexity index is 701. The SMILES string of the molecule is O=C(O)COc1ccc(C=NNC(=O)c2cccs2)cc1I. The second kappa shape index (κ2) is 7.90. The number of nitrogens with zero attached hydrogens (tertiary/aromatic N) is 1. The second-order valence-corrected chi connectivity index (χ2v) is 6.16. The summed E-state index contributed by atoms with van der Waals surface area (Å²) in [7, 11) is 0. The molecule has 0 radical (unpaired) electrons. The molecule has 0 bridgehead atoms. The van der Waals surface area contributed by atoms with Crippen molar-refractivity contribution in [2.45, 2.75) is 0 Å². The molecular formula is C14H11IN2O4S. The van der Waals surface area contributed by atoms with E-state index in [1.807, 2.05) is 28.0 Å². The van der Waals surface area contributed by atoms with E-state index in [0.717, 1.165) is 9.13 Å². The lowest BCUT2D eigenvalue weighted by Gasteiger charge is -2.06. The minimum absolute atomic E-state index is 0.262. The van der Waals surface area contributed by atoms with Crippen LogP contribution in [0.1, 0.15) is 15.2 Å². The van der Waals surface area contributed by atoms with E-state index in [9.17, 15) is 9.59 Å². The summed E-state index contributed by atoms with van der Waals surface area (Å²) in [6.45, 7) is -0.389. The van der Waals surface area contributed by atoms with Gasteiger partial charge in [0.25, 0.3) is 5.91 Å². The van der Waals surface area contributed by atoms with Gasteiger partial charge in [-0.05, 0) is 57.8 Å². The van der Waals surface area contributed by atoms with Crippen molar-refractivity contribution in [3.8, 4) is 5.75 Å². The molecule has 0 fully saturated rings. The van der Waals surface area contributed by atoms with Gasteiger partial charge in [-0.25, -0.2) is 10.2 Å². The van der Waals surface area contributed by atoms with Crippen LogP contribution in [0.2, 0.25) is 0 Å². The smallest absolute Gasteiger partial charge is 0.341 e. The van der Waals surface area contributed by atoms with Gasteiger partial charge in [0.2, 0.25) is 0 Å². The van der Waals surface area contributed by atoms with Gasteiger partial charge in [0, 0.05) is 0 Å². The lowest BCUT2D eigenvalue weighted by Crippen LogP contribution is -2.16. The van der Waals surface area contributed by atoms with Gasteiger partial charge in [-0.2, -0.15) is 5.10 Å². The zero-order valence-electron chi connectivity index (χ0n) is 11.2. The fraction of sp³-hybridized carbons (Fsp3) is 0.0714. The van der Waals surface area contributed by atoms with Gasteiger partial charge in [-0.1, -0.05) is 6.07 Å². The van der Waals surface area contributed by atoms with E-state index >= 15 is 0 Å². The first-order valence-electron chi connectivity index (χ1n) is 6.07. The Morgan fingerprint density at radius 3 is 2.86 bits per heavy atom. The molecule has 1 heterocycles. The Labute approximate surface area is 143 Å². The summed E-state index contributed by atoms with van der Waals surface area (Å²) >= 11 is 3.38. The first kappa shape index (κ1) is 16.4. The zero-order chi connectivity index (χ0) is 15.9. The summed E-state index contributed by atoms with van der Waals surface area (Å²) in [5, 5.41) is 14.3. The number of nitrogens with one attached hydrogen (secondary N) is 1. The Hall–Kier alpha value is -1.94. The molecule has 0 aliphatic rings. The molecule has 1 amide bonds. The van der Waals surface area contributed by atoms with E-state index in [-0.39, 0.29) is 12.5 Å². The number of amides is 1. The number of hydrogen-bond donors (Lipinski definition) is 2. The van der Waals surface area contributed by atoms with Crippen LogP contribution in [0.3, 0.4) is 0 Å². The van der Waals surface area contributed by atoms with Crippen LogP contribution < -0.4 is 10.2 Å². The molecule has 0 saturated carbocycles. The molecule has 1 aromatic carbocycles. The van der Waals surface area contributed by atoms with Gasteiger partial charge in [-0.3, -0.25) is 4.79 Å². The van der Waals surface area contributed by atoms with Crippen LogP contribution in [-0.4, -0.2) is 29.8 Å². The van der Waals surface area contributed by atoms with Crippen LogP contribution in [0.4, 0.5) is 0 Å². The average Bonchev–Trinajstić information content (AvgIpc) is 3.00. The largest absolute Gasteiger partial charge is 0.481 e. The molecule has 0 saturated heterocycles. The van der Waals surface area contributed by atoms with Crippen molar-refractivity contribution in [2.75, 3.05) is 6.61 Å². The number of carbonyl (C=O) groups is 2. The third-order valence-electron chi connectivity index (χ3n) is 2.43. The maximum Gasteiger partial charge on any atom is 0.341 e. The molecule has 114 valence electrons. The number of hydrogen-bond acceptors (Lipinski definition) is 5. The third-order valence-corrected chi connectivity index (χ3v) is 4.14. The van der Waals surface area contributed by atoms with E-state index in [1.54, 1.807) is 30.3 Å². The third kappa shape index (κ3) is 4.81. The van der Waals surface area contributed by atoms with E-state index in [4.69, 9.17) is 9.84 Å². The van der Waals surface area contributed by atoms with Gasteiger partial charge in [-0.15, -0.1) is 11.3 Å². The summed E-state index contributed by atoms with van der Waals surface area (Å²) in [4.78, 5) is 22.7. The predicted molar refractivity (Wildman–Crippen MR) is 91.7 cm³/mol. The van der Waals surface area contributed by atoms with Crippen LogP contribution in [0.15, 0.2) is 40.8 Å². The Balaban J connectivity index is 1.95. The summed E-state index contributed by atoms with van der Waals surface area (Å²) in [6.07, 6.45) is 1.51. The number of carbonyl (C=O) groups excluding carboxylic acids is 1. The first-order valence-corrected chi connectivity index (χ1v) is 8.03. The van der Waals surface area contributed by atoms with Gasteiger partial charge >= 0.3 is 5.97 Å². The number of thiophene rings is 1. The number of hydrazone groups is 1. The number of carboxylic acids is 1. The van der Waals surface area contributed by atoms with E-state index in [2.05, 4.69) is 10.5 Å². The van der Waals surface area contributed by atoms with Crippen molar-refractivity contribution >= 4 is 52.0 Å². The first-order chi connectivity index (χ1) is 10.6. The topological polar surface area (TPSA) is 88.0 Å². The molecule has 0 spiro atoms. The molecule has 0 aliphatic heterocycles. The number of carboxylic acid groups (broad SMARTS) is 1. The molecular weight excluding hydrogens is 419 g/mol. The number of benzene rings is 1. The maximum atomic E-state index is 11.7. The van der Waals surface area contributed by atoms with E-state index in [0.29, 0.717) is 10.6 Å². The van der Waals surface area contributed by atoms with Gasteiger partial charge < -0.3 is 9.84 Å². The van der Waals surface area contributed by atoms with Crippen molar-refractivity contribution in [2.24, 2.45) is 5.10 Å². The Kier molecular flexibility index (Phi) is 5.90. The molecule has 2 rings (SSSR count). The fourth-order valence-corrected chi connectivity index (χ4v) is 2.79. The summed E-state index contributed by atoms with van der Waals surface area (Å²) in [5.74, 6) is -0.803. The van der Waals surface area contributed by atoms with Gasteiger partial charge in [0.05, 0.1) is 14.7 Å². The van der Waals surface area contributed by atoms with Gasteiger partial charge in [0.1, 0.15) is 5.75 Å². The van der Waals surface area contributed by atoms with Gasteiger partial charge in [0.15, 0.2) is 6.61 Å². The quantitative estimate of drug-likeness (QED) is 0.419. The highest BCUT2D eigenvalue weighted by Gasteiger charge is 2.05. The Morgan fingerprint density at radius 1 is 1.41 bits per heavy atom. The predicted octanol–water partition coefficient (Wildman–Crippen LogP) is 2.58. The standard InChI is InChI=1S/C14H11IN2O4S/c15-10-6-9(3-4-11(10)21-8-13(18)19)7-16-17-14(20)12-2-1-5-22-12/h1-7H,8H2,(H,17,20)(H,18,19). The highest BCUT2D eigenvalue weighted by molar-refractivity contribution is 14.1. The van der Waals surface area contributed by atoms with Crippen LogP contribution in [0.5, 0.6) is 5.75 Å². The molecule has 0 aliphatic carbocycles. The van der Waals surface area contributed by atoms with Crippen molar-refractivity contribution in [3.63, 3.8) is 0 Å². The normalized spacial score (nSPS) is 10.6. The molecule has 8 heteroatoms. The minimum Gasteiger partial charge on any atom is -0.481 e. The van der Waals surface area contributed by atoms with E-state index < -0.39 is 5.97 Å². The molecule has 22 heavy (non-hydrogen) atoms. The maximum absolute atomic E-state index is 11.7. The van der Waals surface area contributed by atoms with Crippen molar-refractivity contribution < 1.29 is 19.4 Å². The number of rotatable bonds is 6. The number of ether oxygens (including phenoxy) is 1. The van der Waals surface area contributed by atoms with Crippen LogP contribution in [0.25, 0.3) is 0 Å². The molecule has 6 nitrogen and oxygen atoms in total. The van der Waals surface area contributed by atoms with Crippen molar-refractivity contribution in [1.82, 2.24) is 5.43 Å². The zero-order valence-corrected chi connectivity index (χ0v) is 14.1. The second-order valence-electron chi connectivity index (χ2n) is 4.05. The lowest BCUT2D eigenvalue weighted by molar-refractivity contribution is -0.139. The lowest BCUT2D eigenvalue weighted by atomic mass is 10.2. The molecule has 0 atom stereocenters. The number of halogens is 1. The van der Waals surface area contributed by atoms with E-state index in [1.165, 1.54) is 17.6 Å². The minimum atomic E-state index is -1.03. The highest BCUT2D eigenvalue weighted by atomic mass is 127. The van der Waals surface area contributed by atoms with Crippen LogP contribution in [0, 0.1) is 3.57 Å². The molecule has 2 aromatic rings. The highest BCUT2D eigenvalue weighted by Crippen LogP contribution is 2.21. The summed E-state index contributed by atoms with van der Waals surface area (Å²) < 4.78 is 5.88. The molecule has 2 N–H and O–H groups in total. The average molecular weight is 430 g/mol. The Morgan fingerprint density at radius 2 is 2.23 bits per heavy atom. The van der Waals surface area contributed by atoms with Crippen LogP contribution in [-0.2, 0) is 4.79 Å². The monoisotopic (exact) mass is 430 g/mol. The summed E-state index contributed by atoms with van der Waals surface area (Å²) in [5.41, 5.74) is 3.20.